The van der Waals surface area contributed by atoms with Gasteiger partial charge in [0.15, 0.2) is 0 Å². The van der Waals surface area contributed by atoms with Gasteiger partial charge in [-0.3, -0.25) is 0 Å². The van der Waals surface area contributed by atoms with Gasteiger partial charge >= 0.3 is 0 Å². The van der Waals surface area contributed by atoms with E-state index in [0.29, 0.717) is 24.0 Å². The van der Waals surface area contributed by atoms with Crippen LogP contribution in [0.1, 0.15) is 38.8 Å². The summed E-state index contributed by atoms with van der Waals surface area (Å²) in [6.07, 6.45) is 0.490. The maximum absolute atomic E-state index is 8.70. The number of rotatable bonds is 5. The number of halogens is 1. The highest BCUT2D eigenvalue weighted by molar-refractivity contribution is 6.33. The molecule has 1 rings (SSSR count). The Morgan fingerprint density at radius 2 is 2.06 bits per heavy atom. The van der Waals surface area contributed by atoms with E-state index < -0.39 is 0 Å². The number of nitriles is 1. The van der Waals surface area contributed by atoms with Gasteiger partial charge in [-0.15, -0.1) is 0 Å². The van der Waals surface area contributed by atoms with Gasteiger partial charge in [-0.25, -0.2) is 0 Å². The Morgan fingerprint density at radius 3 is 2.50 bits per heavy atom. The molecule has 0 fully saturated rings. The van der Waals surface area contributed by atoms with Crippen LogP contribution in [-0.2, 0) is 0 Å². The first-order chi connectivity index (χ1) is 8.47. The fourth-order valence-corrected chi connectivity index (χ4v) is 2.16. The average Bonchev–Trinajstić information content (AvgIpc) is 2.30. The molecule has 18 heavy (non-hydrogen) atoms. The van der Waals surface area contributed by atoms with E-state index in [1.165, 1.54) is 0 Å². The second-order valence-electron chi connectivity index (χ2n) is 4.69. The molecule has 0 radical (unpaired) electrons. The van der Waals surface area contributed by atoms with Crippen molar-refractivity contribution in [2.45, 2.75) is 39.3 Å². The lowest BCUT2D eigenvalue weighted by Crippen LogP contribution is -2.31. The molecule has 1 unspecified atom stereocenters. The van der Waals surface area contributed by atoms with Crippen LogP contribution in [0, 0.1) is 11.3 Å². The molecule has 98 valence electrons. The minimum absolute atomic E-state index is 0.0249. The summed E-state index contributed by atoms with van der Waals surface area (Å²) in [7, 11) is 0. The quantitative estimate of drug-likeness (QED) is 0.887. The largest absolute Gasteiger partial charge is 0.367 e. The molecule has 0 amide bonds. The Morgan fingerprint density at radius 1 is 1.39 bits per heavy atom. The van der Waals surface area contributed by atoms with Crippen LogP contribution < -0.4 is 10.6 Å². The first kappa shape index (κ1) is 14.8. The molecule has 0 aliphatic rings. The molecule has 1 aromatic rings. The van der Waals surface area contributed by atoms with Gasteiger partial charge in [0, 0.05) is 18.6 Å². The van der Waals surface area contributed by atoms with Gasteiger partial charge in [-0.05, 0) is 38.5 Å². The lowest BCUT2D eigenvalue weighted by Gasteiger charge is -2.29. The van der Waals surface area contributed by atoms with Crippen LogP contribution in [0.5, 0.6) is 0 Å². The molecular formula is C14H20ClN3. The smallest absolute Gasteiger partial charge is 0.0642 e. The van der Waals surface area contributed by atoms with Crippen LogP contribution in [0.25, 0.3) is 0 Å². The van der Waals surface area contributed by atoms with Crippen LogP contribution >= 0.6 is 11.6 Å². The molecule has 0 saturated heterocycles. The number of nitrogens with two attached hydrogens (primary N) is 1. The molecule has 0 aromatic heterocycles. The van der Waals surface area contributed by atoms with Gasteiger partial charge < -0.3 is 10.6 Å². The second-order valence-corrected chi connectivity index (χ2v) is 5.10. The normalized spacial score (nSPS) is 12.3. The molecule has 0 spiro atoms. The molecule has 3 nitrogen and oxygen atoms in total. The molecule has 0 bridgehead atoms. The maximum Gasteiger partial charge on any atom is 0.0642 e. The number of benzene rings is 1. The van der Waals surface area contributed by atoms with E-state index in [-0.39, 0.29) is 6.04 Å². The van der Waals surface area contributed by atoms with Crippen LogP contribution in [0.2, 0.25) is 5.02 Å². The summed E-state index contributed by atoms with van der Waals surface area (Å²) in [5, 5.41) is 9.39. The van der Waals surface area contributed by atoms with Gasteiger partial charge in [0.05, 0.1) is 23.2 Å². The van der Waals surface area contributed by atoms with E-state index >= 15 is 0 Å². The molecule has 0 heterocycles. The first-order valence-corrected chi connectivity index (χ1v) is 6.53. The van der Waals surface area contributed by atoms with Gasteiger partial charge in [-0.2, -0.15) is 5.26 Å². The summed E-state index contributed by atoms with van der Waals surface area (Å²) in [5.74, 6) is 0. The molecule has 0 aliphatic carbocycles. The van der Waals surface area contributed by atoms with E-state index in [1.807, 2.05) is 25.1 Å². The molecule has 2 N–H and O–H groups in total. The Labute approximate surface area is 114 Å². The minimum Gasteiger partial charge on any atom is -0.367 e. The van der Waals surface area contributed by atoms with Gasteiger partial charge in [0.25, 0.3) is 0 Å². The van der Waals surface area contributed by atoms with Crippen molar-refractivity contribution >= 4 is 17.3 Å². The van der Waals surface area contributed by atoms with Gasteiger partial charge in [0.1, 0.15) is 0 Å². The Hall–Kier alpha value is -1.24. The van der Waals surface area contributed by atoms with Crippen molar-refractivity contribution in [1.29, 1.82) is 5.26 Å². The summed E-state index contributed by atoms with van der Waals surface area (Å²) < 4.78 is 0. The predicted molar refractivity (Wildman–Crippen MR) is 76.8 cm³/mol. The third-order valence-electron chi connectivity index (χ3n) is 2.89. The van der Waals surface area contributed by atoms with Crippen LogP contribution in [0.15, 0.2) is 18.2 Å². The maximum atomic E-state index is 8.70. The lowest BCUT2D eigenvalue weighted by atomic mass is 10.1. The zero-order valence-electron chi connectivity index (χ0n) is 11.2. The Bertz CT molecular complexity index is 435. The highest BCUT2D eigenvalue weighted by Crippen LogP contribution is 2.30. The monoisotopic (exact) mass is 265 g/mol. The summed E-state index contributed by atoms with van der Waals surface area (Å²) in [4.78, 5) is 2.14. The number of hydrogen-bond donors (Lipinski definition) is 1. The van der Waals surface area contributed by atoms with Gasteiger partial charge in [0.2, 0.25) is 0 Å². The van der Waals surface area contributed by atoms with Crippen LogP contribution in [0.4, 0.5) is 5.69 Å². The number of hydrogen-bond acceptors (Lipinski definition) is 3. The SMILES string of the molecule is CC(N)c1ccc(N(CCC#N)C(C)C)c(Cl)c1. The van der Waals surface area contributed by atoms with Crippen molar-refractivity contribution in [2.75, 3.05) is 11.4 Å². The highest BCUT2D eigenvalue weighted by atomic mass is 35.5. The third kappa shape index (κ3) is 3.63. The Kier molecular flexibility index (Phi) is 5.46. The zero-order chi connectivity index (χ0) is 13.7. The number of nitrogens with zero attached hydrogens (tertiary/aromatic N) is 2. The summed E-state index contributed by atoms with van der Waals surface area (Å²) in [6.45, 7) is 6.80. The predicted octanol–water partition coefficient (Wildman–Crippen LogP) is 3.49. The summed E-state index contributed by atoms with van der Waals surface area (Å²) in [6, 6.07) is 8.33. The highest BCUT2D eigenvalue weighted by Gasteiger charge is 2.14. The molecule has 4 heteroatoms. The molecule has 1 aromatic carbocycles. The molecule has 0 aliphatic heterocycles. The zero-order valence-corrected chi connectivity index (χ0v) is 11.9. The van der Waals surface area contributed by atoms with E-state index in [4.69, 9.17) is 22.6 Å². The molecular weight excluding hydrogens is 246 g/mol. The lowest BCUT2D eigenvalue weighted by molar-refractivity contribution is 0.686. The Balaban J connectivity index is 3.02. The van der Waals surface area contributed by atoms with Crippen molar-refractivity contribution in [2.24, 2.45) is 5.73 Å². The van der Waals surface area contributed by atoms with Crippen molar-refractivity contribution in [1.82, 2.24) is 0 Å². The molecule has 0 saturated carbocycles. The van der Waals surface area contributed by atoms with Crippen LogP contribution in [0.3, 0.4) is 0 Å². The average molecular weight is 266 g/mol. The summed E-state index contributed by atoms with van der Waals surface area (Å²) in [5.41, 5.74) is 7.82. The van der Waals surface area contributed by atoms with Crippen LogP contribution in [-0.4, -0.2) is 12.6 Å². The van der Waals surface area contributed by atoms with Crippen molar-refractivity contribution < 1.29 is 0 Å². The minimum atomic E-state index is -0.0249. The van der Waals surface area contributed by atoms with E-state index in [9.17, 15) is 0 Å². The van der Waals surface area contributed by atoms with E-state index in [0.717, 1.165) is 11.3 Å². The van der Waals surface area contributed by atoms with Crippen molar-refractivity contribution in [3.63, 3.8) is 0 Å². The van der Waals surface area contributed by atoms with E-state index in [1.54, 1.807) is 0 Å². The topological polar surface area (TPSA) is 53.0 Å². The van der Waals surface area contributed by atoms with Crippen molar-refractivity contribution in [3.8, 4) is 6.07 Å². The standard InChI is InChI=1S/C14H20ClN3/c1-10(2)18(8-4-7-16)14-6-5-12(11(3)17)9-13(14)15/h5-6,9-11H,4,8,17H2,1-3H3. The molecule has 1 atom stereocenters. The van der Waals surface area contributed by atoms with Gasteiger partial charge in [-0.1, -0.05) is 17.7 Å². The van der Waals surface area contributed by atoms with E-state index in [2.05, 4.69) is 24.8 Å². The third-order valence-corrected chi connectivity index (χ3v) is 3.20. The fourth-order valence-electron chi connectivity index (χ4n) is 1.87. The summed E-state index contributed by atoms with van der Waals surface area (Å²) >= 11 is 6.31. The fraction of sp³-hybridized carbons (Fsp3) is 0.500. The van der Waals surface area contributed by atoms with Crippen molar-refractivity contribution in [3.05, 3.63) is 28.8 Å². The first-order valence-electron chi connectivity index (χ1n) is 6.16. The second kappa shape index (κ2) is 6.63. The number of anilines is 1.